The van der Waals surface area contributed by atoms with Gasteiger partial charge in [0.1, 0.15) is 6.04 Å². The molecule has 1 aliphatic rings. The minimum absolute atomic E-state index is 0.0340. The van der Waals surface area contributed by atoms with Gasteiger partial charge in [-0.25, -0.2) is 0 Å². The number of primary amides is 1. The Labute approximate surface area is 164 Å². The lowest BCUT2D eigenvalue weighted by Crippen LogP contribution is -2.50. The highest BCUT2D eigenvalue weighted by atomic mass is 16.2. The van der Waals surface area contributed by atoms with Crippen LogP contribution in [-0.2, 0) is 11.8 Å². The van der Waals surface area contributed by atoms with Crippen LogP contribution in [0.2, 0.25) is 0 Å². The molecule has 0 saturated heterocycles. The van der Waals surface area contributed by atoms with E-state index >= 15 is 0 Å². The maximum atomic E-state index is 13.4. The van der Waals surface area contributed by atoms with Gasteiger partial charge in [-0.2, -0.15) is 0 Å². The number of nitrogens with zero attached hydrogens (tertiary/aromatic N) is 2. The number of nitrogens with two attached hydrogens (primary N) is 1. The zero-order valence-electron chi connectivity index (χ0n) is 16.4. The van der Waals surface area contributed by atoms with Gasteiger partial charge in [-0.3, -0.25) is 9.59 Å². The average molecular weight is 375 g/mol. The van der Waals surface area contributed by atoms with Crippen molar-refractivity contribution in [3.8, 4) is 0 Å². The van der Waals surface area contributed by atoms with Gasteiger partial charge in [-0.15, -0.1) is 0 Å². The average Bonchev–Trinajstić information content (AvgIpc) is 3.17. The van der Waals surface area contributed by atoms with Crippen molar-refractivity contribution < 1.29 is 9.59 Å². The van der Waals surface area contributed by atoms with Crippen LogP contribution >= 0.6 is 0 Å². The summed E-state index contributed by atoms with van der Waals surface area (Å²) >= 11 is 0. The first-order valence-corrected chi connectivity index (χ1v) is 9.70. The summed E-state index contributed by atoms with van der Waals surface area (Å²) in [5.74, 6) is -0.619. The maximum Gasteiger partial charge on any atom is 0.255 e. The molecule has 144 valence electrons. The van der Waals surface area contributed by atoms with Gasteiger partial charge in [0, 0.05) is 35.3 Å². The molecule has 3 aromatic rings. The number of fused-ring (bicyclic) bond motifs is 2. The van der Waals surface area contributed by atoms with Gasteiger partial charge in [-0.05, 0) is 23.6 Å². The van der Waals surface area contributed by atoms with Crippen molar-refractivity contribution in [1.29, 1.82) is 0 Å². The van der Waals surface area contributed by atoms with Crippen molar-refractivity contribution in [2.75, 3.05) is 0 Å². The van der Waals surface area contributed by atoms with Crippen molar-refractivity contribution in [2.45, 2.75) is 32.4 Å². The number of benzene rings is 2. The van der Waals surface area contributed by atoms with Crippen molar-refractivity contribution in [1.82, 2.24) is 9.47 Å². The number of hydrogen-bond acceptors (Lipinski definition) is 2. The quantitative estimate of drug-likeness (QED) is 0.740. The second-order valence-corrected chi connectivity index (χ2v) is 7.65. The number of carbonyl (C=O) groups is 2. The largest absolute Gasteiger partial charge is 0.368 e. The van der Waals surface area contributed by atoms with E-state index < -0.39 is 11.9 Å². The molecule has 5 heteroatoms. The lowest BCUT2D eigenvalue weighted by atomic mass is 9.93. The third-order valence-electron chi connectivity index (χ3n) is 5.99. The van der Waals surface area contributed by atoms with Crippen LogP contribution in [0.4, 0.5) is 0 Å². The van der Waals surface area contributed by atoms with Gasteiger partial charge in [0.15, 0.2) is 0 Å². The van der Waals surface area contributed by atoms with Crippen LogP contribution in [0.25, 0.3) is 10.9 Å². The number of hydrogen-bond donors (Lipinski definition) is 1. The molecular weight excluding hydrogens is 350 g/mol. The fourth-order valence-electron chi connectivity index (χ4n) is 4.45. The zero-order chi connectivity index (χ0) is 20.0. The Kier molecular flexibility index (Phi) is 4.46. The molecule has 0 spiro atoms. The molecule has 2 amide bonds. The van der Waals surface area contributed by atoms with Crippen LogP contribution in [0.3, 0.4) is 0 Å². The molecule has 2 N–H and O–H groups in total. The Morgan fingerprint density at radius 1 is 1.11 bits per heavy atom. The number of amides is 2. The summed E-state index contributed by atoms with van der Waals surface area (Å²) in [5.41, 5.74) is 9.50. The second kappa shape index (κ2) is 6.82. The highest BCUT2D eigenvalue weighted by Gasteiger charge is 2.45. The molecule has 4 rings (SSSR count). The highest BCUT2D eigenvalue weighted by molar-refractivity contribution is 6.03. The molecule has 0 radical (unpaired) electrons. The smallest absolute Gasteiger partial charge is 0.255 e. The minimum atomic E-state index is -0.658. The Bertz CT molecular complexity index is 1070. The summed E-state index contributed by atoms with van der Waals surface area (Å²) in [6.07, 6.45) is 2.82. The van der Waals surface area contributed by atoms with E-state index in [0.717, 1.165) is 28.5 Å². The number of para-hydroxylation sites is 1. The van der Waals surface area contributed by atoms with E-state index in [-0.39, 0.29) is 17.9 Å². The molecule has 0 aliphatic carbocycles. The molecule has 0 bridgehead atoms. The Hall–Kier alpha value is -3.08. The maximum absolute atomic E-state index is 13.4. The van der Waals surface area contributed by atoms with Gasteiger partial charge in [0.2, 0.25) is 5.91 Å². The van der Waals surface area contributed by atoms with E-state index in [2.05, 4.69) is 22.9 Å². The first-order chi connectivity index (χ1) is 13.5. The number of rotatable bonds is 5. The molecular formula is C23H25N3O2. The number of aryl methyl sites for hydroxylation is 1. The second-order valence-electron chi connectivity index (χ2n) is 7.65. The van der Waals surface area contributed by atoms with Gasteiger partial charge in [-0.1, -0.05) is 56.7 Å². The standard InChI is InChI=1S/C23H25N3O2/c1-4-14(2)20(22(24)27)26-21(16-10-5-6-11-17(16)23(26)28)18-13-25(3)19-12-8-7-9-15(18)19/h5-14,20-21H,4H2,1-3H3,(H2,24,27). The van der Waals surface area contributed by atoms with Gasteiger partial charge < -0.3 is 15.2 Å². The summed E-state index contributed by atoms with van der Waals surface area (Å²) in [7, 11) is 2.00. The molecule has 3 atom stereocenters. The van der Waals surface area contributed by atoms with E-state index in [1.807, 2.05) is 57.3 Å². The highest BCUT2D eigenvalue weighted by Crippen LogP contribution is 2.43. The van der Waals surface area contributed by atoms with Crippen LogP contribution < -0.4 is 5.73 Å². The van der Waals surface area contributed by atoms with Crippen LogP contribution in [-0.4, -0.2) is 27.3 Å². The summed E-state index contributed by atoms with van der Waals surface area (Å²) in [6.45, 7) is 3.99. The molecule has 1 aliphatic heterocycles. The monoisotopic (exact) mass is 375 g/mol. The number of aromatic nitrogens is 1. The third kappa shape index (κ3) is 2.61. The summed E-state index contributed by atoms with van der Waals surface area (Å²) < 4.78 is 2.07. The lowest BCUT2D eigenvalue weighted by Gasteiger charge is -2.35. The SMILES string of the molecule is CCC(C)C(C(N)=O)N1C(=O)c2ccccc2C1c1cn(C)c2ccccc12. The lowest BCUT2D eigenvalue weighted by molar-refractivity contribution is -0.124. The summed E-state index contributed by atoms with van der Waals surface area (Å²) in [6, 6.07) is 14.8. The molecule has 3 unspecified atom stereocenters. The number of carbonyl (C=O) groups excluding carboxylic acids is 2. The molecule has 0 saturated carbocycles. The predicted octanol–water partition coefficient (Wildman–Crippen LogP) is 3.62. The van der Waals surface area contributed by atoms with Crippen LogP contribution in [0.15, 0.2) is 54.7 Å². The molecule has 1 aromatic heterocycles. The van der Waals surface area contributed by atoms with Gasteiger partial charge in [0.05, 0.1) is 6.04 Å². The Morgan fingerprint density at radius 2 is 1.79 bits per heavy atom. The first kappa shape index (κ1) is 18.3. The van der Waals surface area contributed by atoms with Gasteiger partial charge >= 0.3 is 0 Å². The van der Waals surface area contributed by atoms with E-state index in [4.69, 9.17) is 5.73 Å². The summed E-state index contributed by atoms with van der Waals surface area (Å²) in [5, 5.41) is 1.08. The first-order valence-electron chi connectivity index (χ1n) is 9.70. The van der Waals surface area contributed by atoms with E-state index in [1.165, 1.54) is 0 Å². The van der Waals surface area contributed by atoms with Crippen molar-refractivity contribution >= 4 is 22.7 Å². The third-order valence-corrected chi connectivity index (χ3v) is 5.99. The van der Waals surface area contributed by atoms with Crippen molar-refractivity contribution in [3.63, 3.8) is 0 Å². The molecule has 0 fully saturated rings. The van der Waals surface area contributed by atoms with Crippen LogP contribution in [0, 0.1) is 5.92 Å². The molecule has 2 aromatic carbocycles. The topological polar surface area (TPSA) is 68.3 Å². The fourth-order valence-corrected chi connectivity index (χ4v) is 4.45. The van der Waals surface area contributed by atoms with E-state index in [1.54, 1.807) is 4.90 Å². The van der Waals surface area contributed by atoms with Crippen molar-refractivity contribution in [2.24, 2.45) is 18.7 Å². The zero-order valence-corrected chi connectivity index (χ0v) is 16.4. The van der Waals surface area contributed by atoms with Crippen molar-refractivity contribution in [3.05, 3.63) is 71.4 Å². The summed E-state index contributed by atoms with van der Waals surface area (Å²) in [4.78, 5) is 27.6. The van der Waals surface area contributed by atoms with Gasteiger partial charge in [0.25, 0.3) is 5.91 Å². The Morgan fingerprint density at radius 3 is 2.50 bits per heavy atom. The normalized spacial score (nSPS) is 18.3. The van der Waals surface area contributed by atoms with Crippen LogP contribution in [0.5, 0.6) is 0 Å². The van der Waals surface area contributed by atoms with E-state index in [0.29, 0.717) is 5.56 Å². The minimum Gasteiger partial charge on any atom is -0.368 e. The van der Waals surface area contributed by atoms with Crippen LogP contribution in [0.1, 0.15) is 47.8 Å². The Balaban J connectivity index is 1.97. The molecule has 2 heterocycles. The molecule has 28 heavy (non-hydrogen) atoms. The molecule has 5 nitrogen and oxygen atoms in total. The van der Waals surface area contributed by atoms with E-state index in [9.17, 15) is 9.59 Å². The fraction of sp³-hybridized carbons (Fsp3) is 0.304. The predicted molar refractivity (Wildman–Crippen MR) is 110 cm³/mol.